The first-order valence-corrected chi connectivity index (χ1v) is 13.6. The van der Waals surface area contributed by atoms with Crippen LogP contribution >= 0.6 is 0 Å². The highest BCUT2D eigenvalue weighted by atomic mass is 16.2. The van der Waals surface area contributed by atoms with Crippen LogP contribution in [0.3, 0.4) is 0 Å². The first-order chi connectivity index (χ1) is 17.2. The van der Waals surface area contributed by atoms with Crippen molar-refractivity contribution in [3.8, 4) is 0 Å². The van der Waals surface area contributed by atoms with E-state index in [4.69, 9.17) is 9.97 Å². The third-order valence-corrected chi connectivity index (χ3v) is 8.41. The molecule has 4 heterocycles. The average Bonchev–Trinajstić information content (AvgIpc) is 3.65. The Labute approximate surface area is 207 Å². The van der Waals surface area contributed by atoms with Crippen LogP contribution in [-0.4, -0.2) is 81.5 Å². The second-order valence-corrected chi connectivity index (χ2v) is 10.8. The molecule has 0 bridgehead atoms. The Morgan fingerprint density at radius 3 is 2.63 bits per heavy atom. The standard InChI is InChI=1S/C26H38N8O/c1-32-13-15-33(16-14-32)24(35)22-11-6-12-34(22)26-29-20-10-5-9-19(20)23(31-26)30-25-27-17-21(28-25)18-7-3-2-4-8-18/h17-18,22H,2-16H2,1H3,(H2,27,28,29,30,31)/t22-/m0/s1. The van der Waals surface area contributed by atoms with Gasteiger partial charge in [-0.05, 0) is 52.0 Å². The highest BCUT2D eigenvalue weighted by Crippen LogP contribution is 2.34. The van der Waals surface area contributed by atoms with Crippen LogP contribution in [0.4, 0.5) is 17.7 Å². The molecule has 2 aromatic heterocycles. The van der Waals surface area contributed by atoms with Crippen molar-refractivity contribution in [2.45, 2.75) is 76.2 Å². The van der Waals surface area contributed by atoms with Crippen LogP contribution in [0.1, 0.15) is 74.2 Å². The number of nitrogens with one attached hydrogen (secondary N) is 2. The van der Waals surface area contributed by atoms with E-state index >= 15 is 0 Å². The number of fused-ring (bicyclic) bond motifs is 1. The maximum atomic E-state index is 13.4. The molecule has 1 saturated carbocycles. The zero-order chi connectivity index (χ0) is 23.8. The van der Waals surface area contributed by atoms with Gasteiger partial charge in [0, 0.05) is 49.9 Å². The van der Waals surface area contributed by atoms with Crippen molar-refractivity contribution in [2.24, 2.45) is 0 Å². The summed E-state index contributed by atoms with van der Waals surface area (Å²) >= 11 is 0. The van der Waals surface area contributed by atoms with E-state index in [2.05, 4.69) is 32.1 Å². The predicted molar refractivity (Wildman–Crippen MR) is 136 cm³/mol. The number of hydrogen-bond acceptors (Lipinski definition) is 7. The molecule has 0 radical (unpaired) electrons. The van der Waals surface area contributed by atoms with E-state index in [1.54, 1.807) is 0 Å². The summed E-state index contributed by atoms with van der Waals surface area (Å²) in [6.45, 7) is 4.31. The largest absolute Gasteiger partial charge is 0.338 e. The van der Waals surface area contributed by atoms with E-state index in [0.29, 0.717) is 11.9 Å². The molecule has 2 aliphatic carbocycles. The van der Waals surface area contributed by atoms with Gasteiger partial charge in [0.05, 0.1) is 11.9 Å². The number of imidazole rings is 1. The molecule has 9 heteroatoms. The number of aryl methyl sites for hydroxylation is 1. The zero-order valence-corrected chi connectivity index (χ0v) is 20.9. The van der Waals surface area contributed by atoms with Crippen LogP contribution in [-0.2, 0) is 17.6 Å². The number of piperazine rings is 1. The Hall–Kier alpha value is -2.68. The van der Waals surface area contributed by atoms with E-state index in [-0.39, 0.29) is 11.9 Å². The lowest BCUT2D eigenvalue weighted by Crippen LogP contribution is -2.53. The number of amides is 1. The normalized spacial score (nSPS) is 23.6. The second kappa shape index (κ2) is 9.76. The van der Waals surface area contributed by atoms with Crippen molar-refractivity contribution in [3.05, 3.63) is 23.1 Å². The van der Waals surface area contributed by atoms with Crippen molar-refractivity contribution in [3.63, 3.8) is 0 Å². The predicted octanol–water partition coefficient (Wildman–Crippen LogP) is 3.22. The molecule has 3 fully saturated rings. The van der Waals surface area contributed by atoms with Crippen LogP contribution in [0.2, 0.25) is 0 Å². The quantitative estimate of drug-likeness (QED) is 0.682. The summed E-state index contributed by atoms with van der Waals surface area (Å²) < 4.78 is 0. The summed E-state index contributed by atoms with van der Waals surface area (Å²) in [7, 11) is 2.12. The fourth-order valence-corrected chi connectivity index (χ4v) is 6.28. The van der Waals surface area contributed by atoms with Crippen LogP contribution in [0.25, 0.3) is 0 Å². The minimum atomic E-state index is -0.160. The van der Waals surface area contributed by atoms with Gasteiger partial charge in [-0.2, -0.15) is 4.98 Å². The van der Waals surface area contributed by atoms with Gasteiger partial charge in [-0.1, -0.05) is 19.3 Å². The molecule has 0 aromatic carbocycles. The number of nitrogens with zero attached hydrogens (tertiary/aromatic N) is 6. The molecular weight excluding hydrogens is 440 g/mol. The second-order valence-electron chi connectivity index (χ2n) is 10.8. The van der Waals surface area contributed by atoms with Gasteiger partial charge in [-0.15, -0.1) is 0 Å². The fraction of sp³-hybridized carbons (Fsp3) is 0.692. The number of aromatic nitrogens is 4. The van der Waals surface area contributed by atoms with Crippen molar-refractivity contribution >= 4 is 23.6 Å². The molecule has 188 valence electrons. The van der Waals surface area contributed by atoms with E-state index in [0.717, 1.165) is 82.3 Å². The molecule has 0 spiro atoms. The van der Waals surface area contributed by atoms with E-state index in [1.165, 1.54) is 43.4 Å². The van der Waals surface area contributed by atoms with Crippen LogP contribution < -0.4 is 10.2 Å². The van der Waals surface area contributed by atoms with Gasteiger partial charge < -0.3 is 25.0 Å². The lowest BCUT2D eigenvalue weighted by Gasteiger charge is -2.36. The molecule has 6 rings (SSSR count). The molecule has 35 heavy (non-hydrogen) atoms. The summed E-state index contributed by atoms with van der Waals surface area (Å²) in [5, 5.41) is 3.49. The number of rotatable bonds is 5. The number of likely N-dealkylation sites (N-methyl/N-ethyl adjacent to an activating group) is 1. The number of H-pyrrole nitrogens is 1. The molecule has 1 atom stereocenters. The van der Waals surface area contributed by atoms with Crippen molar-refractivity contribution in [1.29, 1.82) is 0 Å². The molecule has 9 nitrogen and oxygen atoms in total. The lowest BCUT2D eigenvalue weighted by molar-refractivity contribution is -0.134. The molecule has 1 amide bonds. The first kappa shape index (κ1) is 22.8. The molecule has 4 aliphatic rings. The lowest BCUT2D eigenvalue weighted by atomic mass is 9.87. The zero-order valence-electron chi connectivity index (χ0n) is 20.9. The van der Waals surface area contributed by atoms with Gasteiger partial charge in [-0.3, -0.25) is 4.79 Å². The Morgan fingerprint density at radius 2 is 1.80 bits per heavy atom. The maximum absolute atomic E-state index is 13.4. The van der Waals surface area contributed by atoms with E-state index in [1.807, 2.05) is 11.1 Å². The van der Waals surface area contributed by atoms with Crippen molar-refractivity contribution in [2.75, 3.05) is 50.0 Å². The summed E-state index contributed by atoms with van der Waals surface area (Å²) in [6.07, 6.45) is 13.3. The topological polar surface area (TPSA) is 93.3 Å². The van der Waals surface area contributed by atoms with Gasteiger partial charge in [0.1, 0.15) is 11.9 Å². The number of carbonyl (C=O) groups is 1. The summed E-state index contributed by atoms with van der Waals surface area (Å²) in [4.78, 5) is 38.0. The van der Waals surface area contributed by atoms with Gasteiger partial charge in [0.25, 0.3) is 0 Å². The number of carbonyl (C=O) groups excluding carboxylic acids is 1. The summed E-state index contributed by atoms with van der Waals surface area (Å²) in [6, 6.07) is -0.160. The Kier molecular flexibility index (Phi) is 6.35. The van der Waals surface area contributed by atoms with Crippen molar-refractivity contribution < 1.29 is 4.79 Å². The van der Waals surface area contributed by atoms with Crippen LogP contribution in [0.15, 0.2) is 6.20 Å². The maximum Gasteiger partial charge on any atom is 0.245 e. The average molecular weight is 479 g/mol. The van der Waals surface area contributed by atoms with E-state index in [9.17, 15) is 4.79 Å². The number of hydrogen-bond donors (Lipinski definition) is 2. The Bertz CT molecular complexity index is 1050. The molecular formula is C26H38N8O. The first-order valence-electron chi connectivity index (χ1n) is 13.6. The molecule has 2 N–H and O–H groups in total. The molecule has 2 aliphatic heterocycles. The van der Waals surface area contributed by atoms with Crippen molar-refractivity contribution in [1.82, 2.24) is 29.7 Å². The SMILES string of the molecule is CN1CCN(C(=O)[C@@H]2CCCN2c2nc3c(c(Nc4ncc(C5CCCCC5)[nH]4)n2)CCC3)CC1. The highest BCUT2D eigenvalue weighted by Gasteiger charge is 2.37. The summed E-state index contributed by atoms with van der Waals surface area (Å²) in [5.74, 6) is 3.12. The number of anilines is 3. The Morgan fingerprint density at radius 1 is 0.971 bits per heavy atom. The van der Waals surface area contributed by atoms with Gasteiger partial charge in [-0.25, -0.2) is 9.97 Å². The van der Waals surface area contributed by atoms with E-state index < -0.39 is 0 Å². The Balaban J connectivity index is 1.23. The smallest absolute Gasteiger partial charge is 0.245 e. The summed E-state index contributed by atoms with van der Waals surface area (Å²) in [5.41, 5.74) is 3.55. The molecule has 2 aromatic rings. The van der Waals surface area contributed by atoms with Gasteiger partial charge >= 0.3 is 0 Å². The minimum absolute atomic E-state index is 0.160. The number of aromatic amines is 1. The minimum Gasteiger partial charge on any atom is -0.338 e. The third-order valence-electron chi connectivity index (χ3n) is 8.41. The monoisotopic (exact) mass is 478 g/mol. The third kappa shape index (κ3) is 4.62. The molecule has 0 unspecified atom stereocenters. The molecule has 2 saturated heterocycles. The van der Waals surface area contributed by atoms with Crippen LogP contribution in [0.5, 0.6) is 0 Å². The van der Waals surface area contributed by atoms with Crippen LogP contribution in [0, 0.1) is 0 Å². The fourth-order valence-electron chi connectivity index (χ4n) is 6.28. The highest BCUT2D eigenvalue weighted by molar-refractivity contribution is 5.85. The van der Waals surface area contributed by atoms with Gasteiger partial charge in [0.15, 0.2) is 0 Å². The van der Waals surface area contributed by atoms with Gasteiger partial charge in [0.2, 0.25) is 17.8 Å².